The van der Waals surface area contributed by atoms with Crippen molar-refractivity contribution >= 4 is 0 Å². The number of ether oxygens (including phenoxy) is 1. The first-order chi connectivity index (χ1) is 10.7. The third kappa shape index (κ3) is 3.46. The Kier molecular flexibility index (Phi) is 4.72. The number of aryl methyl sites for hydroxylation is 1. The molecule has 1 aromatic rings. The van der Waals surface area contributed by atoms with Crippen LogP contribution in [-0.2, 0) is 6.42 Å². The minimum atomic E-state index is 0.367. The predicted molar refractivity (Wildman–Crippen MR) is 91.2 cm³/mol. The molecule has 0 unspecified atom stereocenters. The first kappa shape index (κ1) is 15.4. The first-order valence-corrected chi connectivity index (χ1v) is 8.56. The van der Waals surface area contributed by atoms with E-state index in [1.54, 1.807) is 0 Å². The fourth-order valence-corrected chi connectivity index (χ4v) is 3.49. The van der Waals surface area contributed by atoms with Crippen molar-refractivity contribution in [3.63, 3.8) is 0 Å². The van der Waals surface area contributed by atoms with Crippen molar-refractivity contribution in [1.29, 1.82) is 0 Å². The smallest absolute Gasteiger partial charge is 0.124 e. The van der Waals surface area contributed by atoms with Crippen LogP contribution in [0.15, 0.2) is 36.5 Å². The second-order valence-electron chi connectivity index (χ2n) is 6.65. The Labute approximate surface area is 134 Å². The van der Waals surface area contributed by atoms with Crippen LogP contribution in [0.25, 0.3) is 0 Å². The molecule has 22 heavy (non-hydrogen) atoms. The molecule has 0 spiro atoms. The fraction of sp³-hybridized carbons (Fsp3) is 0.579. The highest BCUT2D eigenvalue weighted by Gasteiger charge is 2.35. The van der Waals surface area contributed by atoms with E-state index in [2.05, 4.69) is 54.5 Å². The number of nitrogens with zero attached hydrogens (tertiary/aromatic N) is 2. The number of benzene rings is 1. The Bertz CT molecular complexity index is 514. The monoisotopic (exact) mass is 300 g/mol. The lowest BCUT2D eigenvalue weighted by atomic mass is 9.98. The Morgan fingerprint density at radius 3 is 2.64 bits per heavy atom. The normalized spacial score (nSPS) is 20.7. The molecule has 0 bridgehead atoms. The first-order valence-electron chi connectivity index (χ1n) is 8.56. The molecule has 2 aliphatic heterocycles. The van der Waals surface area contributed by atoms with E-state index in [1.807, 2.05) is 0 Å². The van der Waals surface area contributed by atoms with Crippen LogP contribution in [0.4, 0.5) is 0 Å². The minimum absolute atomic E-state index is 0.367. The van der Waals surface area contributed by atoms with Gasteiger partial charge in [0.25, 0.3) is 0 Å². The summed E-state index contributed by atoms with van der Waals surface area (Å²) in [5.74, 6) is 1.03. The van der Waals surface area contributed by atoms with Crippen molar-refractivity contribution in [2.45, 2.75) is 45.3 Å². The van der Waals surface area contributed by atoms with Crippen LogP contribution < -0.4 is 4.74 Å². The van der Waals surface area contributed by atoms with Gasteiger partial charge in [0.2, 0.25) is 0 Å². The van der Waals surface area contributed by atoms with Crippen LogP contribution in [-0.4, -0.2) is 48.1 Å². The van der Waals surface area contributed by atoms with Gasteiger partial charge in [-0.25, -0.2) is 0 Å². The molecule has 2 saturated heterocycles. The van der Waals surface area contributed by atoms with Crippen LogP contribution >= 0.6 is 0 Å². The lowest BCUT2D eigenvalue weighted by molar-refractivity contribution is -0.0240. The molecule has 3 heteroatoms. The molecule has 0 N–H and O–H groups in total. The highest BCUT2D eigenvalue weighted by Crippen LogP contribution is 2.26. The maximum absolute atomic E-state index is 6.11. The molecule has 0 aliphatic carbocycles. The summed E-state index contributed by atoms with van der Waals surface area (Å²) in [5.41, 5.74) is 2.56. The highest BCUT2D eigenvalue weighted by atomic mass is 16.5. The lowest BCUT2D eigenvalue weighted by Crippen LogP contribution is -2.59. The Hall–Kier alpha value is -1.48. The van der Waals surface area contributed by atoms with Gasteiger partial charge in [-0.2, -0.15) is 0 Å². The zero-order chi connectivity index (χ0) is 15.5. The van der Waals surface area contributed by atoms with Crippen molar-refractivity contribution < 1.29 is 4.74 Å². The van der Waals surface area contributed by atoms with Crippen molar-refractivity contribution in [2.75, 3.05) is 26.2 Å². The molecular formula is C19H28N2O. The van der Waals surface area contributed by atoms with E-state index in [0.29, 0.717) is 6.10 Å². The van der Waals surface area contributed by atoms with Gasteiger partial charge in [-0.3, -0.25) is 4.90 Å². The predicted octanol–water partition coefficient (Wildman–Crippen LogP) is 3.31. The summed E-state index contributed by atoms with van der Waals surface area (Å²) in [6.07, 6.45) is 3.94. The van der Waals surface area contributed by atoms with Crippen LogP contribution in [0, 0.1) is 0 Å². The molecule has 3 nitrogen and oxygen atoms in total. The number of allylic oxidation sites excluding steroid dienone is 1. The van der Waals surface area contributed by atoms with E-state index in [1.165, 1.54) is 24.1 Å². The van der Waals surface area contributed by atoms with E-state index in [4.69, 9.17) is 4.74 Å². The molecule has 2 fully saturated rings. The zero-order valence-corrected chi connectivity index (χ0v) is 13.9. The SMILES string of the molecule is C=C(C)N1CCC(N2CC(Oc3cccc(CC)c3)C2)CC1. The van der Waals surface area contributed by atoms with Gasteiger partial charge in [0.15, 0.2) is 0 Å². The van der Waals surface area contributed by atoms with Crippen molar-refractivity contribution in [2.24, 2.45) is 0 Å². The summed E-state index contributed by atoms with van der Waals surface area (Å²) in [6.45, 7) is 12.8. The van der Waals surface area contributed by atoms with Crippen LogP contribution in [0.3, 0.4) is 0 Å². The fourth-order valence-electron chi connectivity index (χ4n) is 3.49. The van der Waals surface area contributed by atoms with E-state index in [9.17, 15) is 0 Å². The zero-order valence-electron chi connectivity index (χ0n) is 13.9. The number of hydrogen-bond acceptors (Lipinski definition) is 3. The summed E-state index contributed by atoms with van der Waals surface area (Å²) in [4.78, 5) is 4.99. The van der Waals surface area contributed by atoms with Crippen molar-refractivity contribution in [3.05, 3.63) is 42.1 Å². The molecule has 0 atom stereocenters. The summed E-state index contributed by atoms with van der Waals surface area (Å²) in [6, 6.07) is 9.24. The number of likely N-dealkylation sites (tertiary alicyclic amines) is 2. The quantitative estimate of drug-likeness (QED) is 0.830. The molecular weight excluding hydrogens is 272 g/mol. The largest absolute Gasteiger partial charge is 0.488 e. The van der Waals surface area contributed by atoms with Gasteiger partial charge in [-0.05, 0) is 43.9 Å². The minimum Gasteiger partial charge on any atom is -0.488 e. The second kappa shape index (κ2) is 6.74. The topological polar surface area (TPSA) is 15.7 Å². The maximum Gasteiger partial charge on any atom is 0.124 e. The third-order valence-corrected chi connectivity index (χ3v) is 5.01. The molecule has 0 radical (unpaired) electrons. The van der Waals surface area contributed by atoms with E-state index >= 15 is 0 Å². The summed E-state index contributed by atoms with van der Waals surface area (Å²) in [7, 11) is 0. The second-order valence-corrected chi connectivity index (χ2v) is 6.65. The lowest BCUT2D eigenvalue weighted by Gasteiger charge is -2.47. The Morgan fingerprint density at radius 1 is 1.27 bits per heavy atom. The average molecular weight is 300 g/mol. The Morgan fingerprint density at radius 2 is 2.00 bits per heavy atom. The molecule has 0 aromatic heterocycles. The van der Waals surface area contributed by atoms with Crippen molar-refractivity contribution in [1.82, 2.24) is 9.80 Å². The van der Waals surface area contributed by atoms with E-state index in [0.717, 1.165) is 44.4 Å². The van der Waals surface area contributed by atoms with Crippen LogP contribution in [0.1, 0.15) is 32.3 Å². The molecule has 2 heterocycles. The van der Waals surface area contributed by atoms with E-state index < -0.39 is 0 Å². The third-order valence-electron chi connectivity index (χ3n) is 5.01. The average Bonchev–Trinajstić information content (AvgIpc) is 2.51. The van der Waals surface area contributed by atoms with E-state index in [-0.39, 0.29) is 0 Å². The van der Waals surface area contributed by atoms with Gasteiger partial charge in [-0.1, -0.05) is 25.6 Å². The van der Waals surface area contributed by atoms with Gasteiger partial charge < -0.3 is 9.64 Å². The number of rotatable bonds is 5. The van der Waals surface area contributed by atoms with Crippen molar-refractivity contribution in [3.8, 4) is 5.75 Å². The van der Waals surface area contributed by atoms with Crippen LogP contribution in [0.2, 0.25) is 0 Å². The standard InChI is InChI=1S/C19H28N2O/c1-4-16-6-5-7-18(12-16)22-19-13-21(14-19)17-8-10-20(11-9-17)15(2)3/h5-7,12,17,19H,2,4,8-11,13-14H2,1,3H3. The molecule has 3 rings (SSSR count). The Balaban J connectivity index is 1.43. The molecule has 120 valence electrons. The van der Waals surface area contributed by atoms with Crippen LogP contribution in [0.5, 0.6) is 5.75 Å². The van der Waals surface area contributed by atoms with Gasteiger partial charge >= 0.3 is 0 Å². The summed E-state index contributed by atoms with van der Waals surface area (Å²) >= 11 is 0. The van der Waals surface area contributed by atoms with Gasteiger partial charge in [0.05, 0.1) is 0 Å². The van der Waals surface area contributed by atoms with Gasteiger partial charge in [0, 0.05) is 37.9 Å². The van der Waals surface area contributed by atoms with Gasteiger partial charge in [-0.15, -0.1) is 0 Å². The number of piperidine rings is 1. The molecule has 2 aliphatic rings. The maximum atomic E-state index is 6.11. The molecule has 0 amide bonds. The highest BCUT2D eigenvalue weighted by molar-refractivity contribution is 5.28. The molecule has 0 saturated carbocycles. The van der Waals surface area contributed by atoms with Gasteiger partial charge in [0.1, 0.15) is 11.9 Å². The number of hydrogen-bond donors (Lipinski definition) is 0. The molecule has 1 aromatic carbocycles. The summed E-state index contributed by atoms with van der Waals surface area (Å²) in [5, 5.41) is 0. The summed E-state index contributed by atoms with van der Waals surface area (Å²) < 4.78 is 6.11.